The summed E-state index contributed by atoms with van der Waals surface area (Å²) in [5, 5.41) is 5.14. The second-order valence-corrected chi connectivity index (χ2v) is 5.93. The van der Waals surface area contributed by atoms with Crippen LogP contribution in [0.3, 0.4) is 0 Å². The van der Waals surface area contributed by atoms with E-state index in [0.29, 0.717) is 0 Å². The van der Waals surface area contributed by atoms with Crippen molar-refractivity contribution in [2.24, 2.45) is 12.8 Å². The normalized spacial score (nSPS) is 12.7. The molecule has 5 heteroatoms. The Morgan fingerprint density at radius 2 is 2.11 bits per heavy atom. The maximum atomic E-state index is 6.32. The van der Waals surface area contributed by atoms with E-state index in [0.717, 1.165) is 38.4 Å². The molecule has 3 nitrogen and oxygen atoms in total. The molecule has 0 aliphatic heterocycles. The second kappa shape index (κ2) is 5.65. The summed E-state index contributed by atoms with van der Waals surface area (Å²) in [6, 6.07) is 5.76. The lowest BCUT2D eigenvalue weighted by Crippen LogP contribution is -2.17. The molecule has 0 aliphatic carbocycles. The predicted molar refractivity (Wildman–Crippen MR) is 82.5 cm³/mol. The number of nitrogens with zero attached hydrogens (tertiary/aromatic N) is 2. The van der Waals surface area contributed by atoms with Crippen molar-refractivity contribution in [2.75, 3.05) is 0 Å². The summed E-state index contributed by atoms with van der Waals surface area (Å²) < 4.78 is 2.91. The summed E-state index contributed by atoms with van der Waals surface area (Å²) >= 11 is 9.72. The van der Waals surface area contributed by atoms with Crippen LogP contribution in [0.2, 0.25) is 5.02 Å². The maximum absolute atomic E-state index is 6.32. The van der Waals surface area contributed by atoms with Gasteiger partial charge in [-0.25, -0.2) is 0 Å². The zero-order chi connectivity index (χ0) is 14.2. The first-order chi connectivity index (χ1) is 8.91. The van der Waals surface area contributed by atoms with Gasteiger partial charge in [-0.2, -0.15) is 5.10 Å². The van der Waals surface area contributed by atoms with Gasteiger partial charge in [-0.3, -0.25) is 4.68 Å². The number of aryl methyl sites for hydroxylation is 2. The van der Waals surface area contributed by atoms with Gasteiger partial charge in [0.15, 0.2) is 0 Å². The average Bonchev–Trinajstić information content (AvgIpc) is 2.59. The van der Waals surface area contributed by atoms with Crippen molar-refractivity contribution in [1.29, 1.82) is 0 Å². The lowest BCUT2D eigenvalue weighted by atomic mass is 9.98. The first-order valence-electron chi connectivity index (χ1n) is 6.10. The number of benzene rings is 1. The lowest BCUT2D eigenvalue weighted by molar-refractivity contribution is 0.636. The van der Waals surface area contributed by atoms with Crippen LogP contribution in [0, 0.1) is 13.8 Å². The highest BCUT2D eigenvalue weighted by molar-refractivity contribution is 9.10. The topological polar surface area (TPSA) is 43.8 Å². The zero-order valence-corrected chi connectivity index (χ0v) is 13.6. The van der Waals surface area contributed by atoms with Crippen molar-refractivity contribution in [3.05, 3.63) is 50.2 Å². The van der Waals surface area contributed by atoms with Crippen molar-refractivity contribution in [1.82, 2.24) is 9.78 Å². The van der Waals surface area contributed by atoms with Crippen molar-refractivity contribution >= 4 is 27.5 Å². The Kier molecular flexibility index (Phi) is 4.33. The Morgan fingerprint density at radius 3 is 2.68 bits per heavy atom. The number of halogens is 2. The summed E-state index contributed by atoms with van der Waals surface area (Å²) in [7, 11) is 1.94. The molecule has 1 aromatic carbocycles. The van der Waals surface area contributed by atoms with Gasteiger partial charge in [0.2, 0.25) is 0 Å². The Balaban J connectivity index is 2.31. The molecule has 19 heavy (non-hydrogen) atoms. The molecule has 1 heterocycles. The number of hydrogen-bond donors (Lipinski definition) is 1. The van der Waals surface area contributed by atoms with Crippen LogP contribution in [-0.4, -0.2) is 9.78 Å². The van der Waals surface area contributed by atoms with Gasteiger partial charge in [-0.1, -0.05) is 23.7 Å². The Bertz CT molecular complexity index is 607. The maximum Gasteiger partial charge on any atom is 0.0738 e. The van der Waals surface area contributed by atoms with E-state index in [1.54, 1.807) is 0 Å². The molecule has 0 spiro atoms. The van der Waals surface area contributed by atoms with Gasteiger partial charge in [0.25, 0.3) is 0 Å². The first kappa shape index (κ1) is 14.6. The van der Waals surface area contributed by atoms with Crippen LogP contribution in [0.1, 0.15) is 28.6 Å². The summed E-state index contributed by atoms with van der Waals surface area (Å²) in [5.74, 6) is 0. The van der Waals surface area contributed by atoms with E-state index >= 15 is 0 Å². The van der Waals surface area contributed by atoms with E-state index in [-0.39, 0.29) is 6.04 Å². The van der Waals surface area contributed by atoms with Crippen LogP contribution in [0.5, 0.6) is 0 Å². The molecule has 1 aromatic heterocycles. The van der Waals surface area contributed by atoms with E-state index in [1.807, 2.05) is 43.8 Å². The molecule has 0 fully saturated rings. The Labute approximate surface area is 126 Å². The van der Waals surface area contributed by atoms with Crippen molar-refractivity contribution in [3.63, 3.8) is 0 Å². The molecule has 0 amide bonds. The first-order valence-corrected chi connectivity index (χ1v) is 7.27. The summed E-state index contributed by atoms with van der Waals surface area (Å²) in [6.07, 6.45) is 0.721. The molecule has 2 N–H and O–H groups in total. The third-order valence-electron chi connectivity index (χ3n) is 3.38. The van der Waals surface area contributed by atoms with Crippen LogP contribution < -0.4 is 5.73 Å². The summed E-state index contributed by atoms with van der Waals surface area (Å²) in [6.45, 7) is 3.98. The number of rotatable bonds is 3. The highest BCUT2D eigenvalue weighted by Crippen LogP contribution is 2.28. The minimum Gasteiger partial charge on any atom is -0.324 e. The third kappa shape index (κ3) is 2.86. The van der Waals surface area contributed by atoms with Crippen molar-refractivity contribution < 1.29 is 0 Å². The van der Waals surface area contributed by atoms with Crippen LogP contribution >= 0.6 is 27.5 Å². The fourth-order valence-electron chi connectivity index (χ4n) is 2.25. The van der Waals surface area contributed by atoms with Crippen LogP contribution in [0.4, 0.5) is 0 Å². The largest absolute Gasteiger partial charge is 0.324 e. The minimum absolute atomic E-state index is 0.0928. The van der Waals surface area contributed by atoms with E-state index in [4.69, 9.17) is 17.3 Å². The average molecular weight is 343 g/mol. The highest BCUT2D eigenvalue weighted by atomic mass is 79.9. The van der Waals surface area contributed by atoms with Gasteiger partial charge in [0.05, 0.1) is 15.9 Å². The molecule has 102 valence electrons. The smallest absolute Gasteiger partial charge is 0.0738 e. The van der Waals surface area contributed by atoms with Crippen LogP contribution in [-0.2, 0) is 13.5 Å². The molecule has 0 saturated carbocycles. The zero-order valence-electron chi connectivity index (χ0n) is 11.2. The van der Waals surface area contributed by atoms with Gasteiger partial charge in [-0.05, 0) is 47.0 Å². The SMILES string of the molecule is Cc1nn(C)c(CC(N)c2cccc(Cl)c2C)c1Br. The third-order valence-corrected chi connectivity index (χ3v) is 4.82. The van der Waals surface area contributed by atoms with E-state index in [1.165, 1.54) is 0 Å². The van der Waals surface area contributed by atoms with Gasteiger partial charge in [-0.15, -0.1) is 0 Å². The quantitative estimate of drug-likeness (QED) is 0.924. The minimum atomic E-state index is -0.0928. The van der Waals surface area contributed by atoms with E-state index in [9.17, 15) is 0 Å². The molecule has 0 radical (unpaired) electrons. The number of aromatic nitrogens is 2. The van der Waals surface area contributed by atoms with E-state index < -0.39 is 0 Å². The van der Waals surface area contributed by atoms with Gasteiger partial charge >= 0.3 is 0 Å². The van der Waals surface area contributed by atoms with Crippen LogP contribution in [0.15, 0.2) is 22.7 Å². The van der Waals surface area contributed by atoms with Crippen molar-refractivity contribution in [3.8, 4) is 0 Å². The van der Waals surface area contributed by atoms with Gasteiger partial charge in [0.1, 0.15) is 0 Å². The van der Waals surface area contributed by atoms with Gasteiger partial charge < -0.3 is 5.73 Å². The number of hydrogen-bond acceptors (Lipinski definition) is 2. The van der Waals surface area contributed by atoms with Gasteiger partial charge in [0, 0.05) is 24.5 Å². The number of nitrogens with two attached hydrogens (primary N) is 1. The standard InChI is InChI=1S/C14H17BrClN3/c1-8-10(5-4-6-11(8)16)12(17)7-13-14(15)9(2)18-19(13)3/h4-6,12H,7,17H2,1-3H3. The Hall–Kier alpha value is -0.840. The monoisotopic (exact) mass is 341 g/mol. The molecule has 0 saturated heterocycles. The fraction of sp³-hybridized carbons (Fsp3) is 0.357. The molecule has 1 atom stereocenters. The Morgan fingerprint density at radius 1 is 1.42 bits per heavy atom. The summed E-state index contributed by atoms with van der Waals surface area (Å²) in [5.41, 5.74) is 10.5. The molecular formula is C14H17BrClN3. The molecule has 2 aromatic rings. The van der Waals surface area contributed by atoms with Crippen LogP contribution in [0.25, 0.3) is 0 Å². The summed E-state index contributed by atoms with van der Waals surface area (Å²) in [4.78, 5) is 0. The predicted octanol–water partition coefficient (Wildman–Crippen LogP) is 3.70. The lowest BCUT2D eigenvalue weighted by Gasteiger charge is -2.16. The highest BCUT2D eigenvalue weighted by Gasteiger charge is 2.17. The fourth-order valence-corrected chi connectivity index (χ4v) is 2.93. The van der Waals surface area contributed by atoms with E-state index in [2.05, 4.69) is 21.0 Å². The second-order valence-electron chi connectivity index (χ2n) is 4.73. The molecule has 1 unspecified atom stereocenters. The molecule has 0 bridgehead atoms. The molecule has 2 rings (SSSR count). The molecular weight excluding hydrogens is 326 g/mol. The molecule has 0 aliphatic rings. The van der Waals surface area contributed by atoms with Crippen molar-refractivity contribution in [2.45, 2.75) is 26.3 Å².